The van der Waals surface area contributed by atoms with Gasteiger partial charge in [0.1, 0.15) is 5.56 Å². The zero-order valence-electron chi connectivity index (χ0n) is 9.46. The summed E-state index contributed by atoms with van der Waals surface area (Å²) in [6.07, 6.45) is -10.5. The van der Waals surface area contributed by atoms with Crippen LogP contribution in [0.15, 0.2) is 6.20 Å². The molecule has 0 aliphatic carbocycles. The number of rotatable bonds is 3. The molecular formula is C9H5F6NO4. The minimum Gasteiger partial charge on any atom is -0.495 e. The van der Waals surface area contributed by atoms with Crippen molar-refractivity contribution in [2.24, 2.45) is 0 Å². The monoisotopic (exact) mass is 305 g/mol. The lowest BCUT2D eigenvalue weighted by Gasteiger charge is -2.18. The summed E-state index contributed by atoms with van der Waals surface area (Å²) in [7, 11) is 0.675. The number of aromatic nitrogens is 1. The van der Waals surface area contributed by atoms with Gasteiger partial charge in [0.15, 0.2) is 11.3 Å². The second-order valence-electron chi connectivity index (χ2n) is 3.24. The van der Waals surface area contributed by atoms with Gasteiger partial charge >= 0.3 is 18.5 Å². The van der Waals surface area contributed by atoms with E-state index in [4.69, 9.17) is 5.11 Å². The molecule has 1 N–H and O–H groups in total. The third kappa shape index (κ3) is 3.42. The molecule has 20 heavy (non-hydrogen) atoms. The molecule has 0 amide bonds. The van der Waals surface area contributed by atoms with Gasteiger partial charge in [-0.25, -0.2) is 9.78 Å². The number of alkyl halides is 6. The van der Waals surface area contributed by atoms with Crippen LogP contribution < -0.4 is 9.47 Å². The highest BCUT2D eigenvalue weighted by molar-refractivity contribution is 5.91. The maximum Gasteiger partial charge on any atom is 0.574 e. The molecule has 112 valence electrons. The predicted molar refractivity (Wildman–Crippen MR) is 49.4 cm³/mol. The van der Waals surface area contributed by atoms with E-state index in [0.717, 1.165) is 0 Å². The maximum atomic E-state index is 12.8. The van der Waals surface area contributed by atoms with Crippen molar-refractivity contribution < 1.29 is 45.7 Å². The van der Waals surface area contributed by atoms with Crippen LogP contribution in [-0.4, -0.2) is 29.5 Å². The van der Waals surface area contributed by atoms with E-state index >= 15 is 0 Å². The summed E-state index contributed by atoms with van der Waals surface area (Å²) in [5, 5.41) is 8.66. The Balaban J connectivity index is 3.59. The third-order valence-electron chi connectivity index (χ3n) is 1.93. The number of carboxylic acid groups (broad SMARTS) is 1. The van der Waals surface area contributed by atoms with E-state index in [1.54, 1.807) is 0 Å². The summed E-state index contributed by atoms with van der Waals surface area (Å²) in [6, 6.07) is 0. The van der Waals surface area contributed by atoms with Gasteiger partial charge in [-0.15, -0.1) is 13.2 Å². The molecule has 1 aromatic heterocycles. The molecule has 5 nitrogen and oxygen atoms in total. The van der Waals surface area contributed by atoms with E-state index in [0.29, 0.717) is 7.11 Å². The van der Waals surface area contributed by atoms with Crippen molar-refractivity contribution in [1.29, 1.82) is 0 Å². The SMILES string of the molecule is COc1c(C(=O)O)cnc(OC(F)(F)F)c1C(F)(F)F. The van der Waals surface area contributed by atoms with E-state index in [-0.39, 0.29) is 6.20 Å². The summed E-state index contributed by atoms with van der Waals surface area (Å²) in [5.41, 5.74) is -3.11. The first-order valence-electron chi connectivity index (χ1n) is 4.60. The lowest BCUT2D eigenvalue weighted by Crippen LogP contribution is -2.22. The van der Waals surface area contributed by atoms with Gasteiger partial charge in [0.2, 0.25) is 5.88 Å². The van der Waals surface area contributed by atoms with Crippen molar-refractivity contribution >= 4 is 5.97 Å². The second-order valence-corrected chi connectivity index (χ2v) is 3.24. The average molecular weight is 305 g/mol. The predicted octanol–water partition coefficient (Wildman–Crippen LogP) is 2.71. The first-order chi connectivity index (χ1) is 8.97. The summed E-state index contributed by atoms with van der Waals surface area (Å²) >= 11 is 0. The van der Waals surface area contributed by atoms with Gasteiger partial charge < -0.3 is 14.6 Å². The van der Waals surface area contributed by atoms with Gasteiger partial charge in [-0.2, -0.15) is 13.2 Å². The average Bonchev–Trinajstić information content (AvgIpc) is 2.23. The molecule has 0 saturated carbocycles. The number of pyridine rings is 1. The quantitative estimate of drug-likeness (QED) is 0.870. The fourth-order valence-electron chi connectivity index (χ4n) is 1.28. The Bertz CT molecular complexity index is 524. The zero-order valence-corrected chi connectivity index (χ0v) is 9.46. The molecule has 0 aliphatic rings. The van der Waals surface area contributed by atoms with Gasteiger partial charge in [0.05, 0.1) is 7.11 Å². The summed E-state index contributed by atoms with van der Waals surface area (Å²) in [5.74, 6) is -5.01. The molecular weight excluding hydrogens is 300 g/mol. The summed E-state index contributed by atoms with van der Waals surface area (Å²) in [4.78, 5) is 13.4. The molecule has 0 fully saturated rings. The number of carbonyl (C=O) groups is 1. The number of nitrogens with zero attached hydrogens (tertiary/aromatic N) is 1. The highest BCUT2D eigenvalue weighted by Crippen LogP contribution is 2.44. The normalized spacial score (nSPS) is 12.2. The molecule has 1 aromatic rings. The second kappa shape index (κ2) is 5.06. The van der Waals surface area contributed by atoms with E-state index in [1.165, 1.54) is 0 Å². The van der Waals surface area contributed by atoms with Crippen molar-refractivity contribution in [2.45, 2.75) is 12.5 Å². The molecule has 1 rings (SSSR count). The molecule has 0 radical (unpaired) electrons. The van der Waals surface area contributed by atoms with Crippen molar-refractivity contribution in [1.82, 2.24) is 4.98 Å². The Hall–Kier alpha value is -2.20. The van der Waals surface area contributed by atoms with Crippen molar-refractivity contribution in [3.8, 4) is 11.6 Å². The standard InChI is InChI=1S/C9H5F6NO4/c1-19-5-3(7(17)18)2-16-6(20-9(13,14)15)4(5)8(10,11)12/h2H,1H3,(H,17,18). The Kier molecular flexibility index (Phi) is 4.01. The Morgan fingerprint density at radius 3 is 2.15 bits per heavy atom. The molecule has 1 heterocycles. The number of aromatic carboxylic acids is 1. The summed E-state index contributed by atoms with van der Waals surface area (Å²) in [6.45, 7) is 0. The minimum atomic E-state index is -5.43. The number of methoxy groups -OCH3 is 1. The maximum absolute atomic E-state index is 12.8. The van der Waals surface area contributed by atoms with Crippen LogP contribution in [0.2, 0.25) is 0 Å². The van der Waals surface area contributed by atoms with Gasteiger partial charge in [0, 0.05) is 6.20 Å². The van der Waals surface area contributed by atoms with Crippen molar-refractivity contribution in [3.63, 3.8) is 0 Å². The van der Waals surface area contributed by atoms with Crippen LogP contribution in [0.1, 0.15) is 15.9 Å². The third-order valence-corrected chi connectivity index (χ3v) is 1.93. The smallest absolute Gasteiger partial charge is 0.495 e. The first kappa shape index (κ1) is 15.9. The van der Waals surface area contributed by atoms with E-state index in [2.05, 4.69) is 14.5 Å². The van der Waals surface area contributed by atoms with Crippen LogP contribution >= 0.6 is 0 Å². The molecule has 0 saturated heterocycles. The van der Waals surface area contributed by atoms with Crippen LogP contribution in [0.3, 0.4) is 0 Å². The van der Waals surface area contributed by atoms with Crippen LogP contribution in [0.5, 0.6) is 11.6 Å². The van der Waals surface area contributed by atoms with Crippen LogP contribution in [0.25, 0.3) is 0 Å². The van der Waals surface area contributed by atoms with E-state index in [1.807, 2.05) is 0 Å². The molecule has 0 aliphatic heterocycles. The molecule has 0 unspecified atom stereocenters. The lowest BCUT2D eigenvalue weighted by molar-refractivity contribution is -0.277. The van der Waals surface area contributed by atoms with E-state index < -0.39 is 41.3 Å². The molecule has 0 spiro atoms. The molecule has 0 atom stereocenters. The summed E-state index contributed by atoms with van der Waals surface area (Å²) < 4.78 is 81.7. The largest absolute Gasteiger partial charge is 0.574 e. The zero-order chi connectivity index (χ0) is 15.7. The highest BCUT2D eigenvalue weighted by atomic mass is 19.4. The number of carboxylic acids is 1. The van der Waals surface area contributed by atoms with Gasteiger partial charge in [-0.05, 0) is 0 Å². The van der Waals surface area contributed by atoms with Crippen LogP contribution in [0, 0.1) is 0 Å². The Morgan fingerprint density at radius 1 is 1.25 bits per heavy atom. The number of hydrogen-bond donors (Lipinski definition) is 1. The van der Waals surface area contributed by atoms with Gasteiger partial charge in [0.25, 0.3) is 0 Å². The van der Waals surface area contributed by atoms with Gasteiger partial charge in [-0.1, -0.05) is 0 Å². The molecule has 0 aromatic carbocycles. The van der Waals surface area contributed by atoms with Gasteiger partial charge in [-0.3, -0.25) is 0 Å². The lowest BCUT2D eigenvalue weighted by atomic mass is 10.1. The van der Waals surface area contributed by atoms with Crippen LogP contribution in [0.4, 0.5) is 26.3 Å². The molecule has 0 bridgehead atoms. The fraction of sp³-hybridized carbons (Fsp3) is 0.333. The highest BCUT2D eigenvalue weighted by Gasteiger charge is 2.44. The number of halogens is 6. The van der Waals surface area contributed by atoms with Crippen molar-refractivity contribution in [2.75, 3.05) is 7.11 Å². The van der Waals surface area contributed by atoms with Crippen LogP contribution in [-0.2, 0) is 6.18 Å². The molecule has 11 heteroatoms. The minimum absolute atomic E-state index is 0.275. The Morgan fingerprint density at radius 2 is 1.80 bits per heavy atom. The van der Waals surface area contributed by atoms with E-state index in [9.17, 15) is 31.1 Å². The fourth-order valence-corrected chi connectivity index (χ4v) is 1.28. The number of hydrogen-bond acceptors (Lipinski definition) is 4. The number of ether oxygens (including phenoxy) is 2. The first-order valence-corrected chi connectivity index (χ1v) is 4.60. The topological polar surface area (TPSA) is 68.7 Å². The Labute approximate surface area is 106 Å². The van der Waals surface area contributed by atoms with Crippen molar-refractivity contribution in [3.05, 3.63) is 17.3 Å².